The lowest BCUT2D eigenvalue weighted by Crippen LogP contribution is -2.38. The molecule has 1 unspecified atom stereocenters. The Kier molecular flexibility index (Phi) is 4.97. The van der Waals surface area contributed by atoms with Gasteiger partial charge in [0.25, 0.3) is 5.91 Å². The quantitative estimate of drug-likeness (QED) is 0.806. The highest BCUT2D eigenvalue weighted by Crippen LogP contribution is 2.20. The van der Waals surface area contributed by atoms with E-state index < -0.39 is 6.10 Å². The Labute approximate surface area is 102 Å². The Morgan fingerprint density at radius 2 is 2.18 bits per heavy atom. The summed E-state index contributed by atoms with van der Waals surface area (Å²) >= 11 is 0. The van der Waals surface area contributed by atoms with Crippen molar-refractivity contribution in [2.24, 2.45) is 5.73 Å². The molecule has 0 saturated heterocycles. The van der Waals surface area contributed by atoms with Gasteiger partial charge in [-0.05, 0) is 38.0 Å². The summed E-state index contributed by atoms with van der Waals surface area (Å²) in [6, 6.07) is 5.93. The first-order valence-corrected chi connectivity index (χ1v) is 5.76. The first kappa shape index (κ1) is 13.5. The van der Waals surface area contributed by atoms with Crippen molar-refractivity contribution in [3.8, 4) is 5.75 Å². The lowest BCUT2D eigenvalue weighted by atomic mass is 10.1. The van der Waals surface area contributed by atoms with Gasteiger partial charge in [0, 0.05) is 13.1 Å². The van der Waals surface area contributed by atoms with Crippen LogP contribution in [-0.4, -0.2) is 25.1 Å². The molecule has 4 nitrogen and oxygen atoms in total. The van der Waals surface area contributed by atoms with E-state index in [4.69, 9.17) is 10.5 Å². The molecule has 0 aliphatic heterocycles. The van der Waals surface area contributed by atoms with Crippen molar-refractivity contribution in [2.75, 3.05) is 13.1 Å². The Hall–Kier alpha value is -1.55. The number of amides is 1. The standard InChI is InChI=1S/C13H20N2O2/c1-9-4-5-10(2)12(8-9)17-11(3)13(16)15-7-6-14/h4-5,8,11H,6-7,14H2,1-3H3,(H,15,16). The molecule has 1 amide bonds. The maximum absolute atomic E-state index is 11.6. The van der Waals surface area contributed by atoms with Crippen LogP contribution in [0.25, 0.3) is 0 Å². The smallest absolute Gasteiger partial charge is 0.260 e. The number of rotatable bonds is 5. The molecule has 0 aliphatic carbocycles. The molecular formula is C13H20N2O2. The monoisotopic (exact) mass is 236 g/mol. The van der Waals surface area contributed by atoms with Gasteiger partial charge in [0.2, 0.25) is 0 Å². The van der Waals surface area contributed by atoms with Gasteiger partial charge in [-0.25, -0.2) is 0 Å². The molecule has 0 bridgehead atoms. The lowest BCUT2D eigenvalue weighted by Gasteiger charge is -2.16. The molecule has 0 radical (unpaired) electrons. The van der Waals surface area contributed by atoms with Gasteiger partial charge in [-0.15, -0.1) is 0 Å². The third kappa shape index (κ3) is 4.07. The number of ether oxygens (including phenoxy) is 1. The first-order valence-electron chi connectivity index (χ1n) is 5.76. The van der Waals surface area contributed by atoms with E-state index in [1.54, 1.807) is 6.92 Å². The molecule has 94 valence electrons. The summed E-state index contributed by atoms with van der Waals surface area (Å²) in [7, 11) is 0. The molecule has 0 saturated carbocycles. The highest BCUT2D eigenvalue weighted by Gasteiger charge is 2.14. The summed E-state index contributed by atoms with van der Waals surface area (Å²) in [6.45, 7) is 6.58. The predicted molar refractivity (Wildman–Crippen MR) is 68.1 cm³/mol. The highest BCUT2D eigenvalue weighted by molar-refractivity contribution is 5.80. The van der Waals surface area contributed by atoms with Gasteiger partial charge < -0.3 is 15.8 Å². The second-order valence-electron chi connectivity index (χ2n) is 4.11. The summed E-state index contributed by atoms with van der Waals surface area (Å²) in [6.07, 6.45) is -0.512. The Morgan fingerprint density at radius 1 is 1.47 bits per heavy atom. The minimum atomic E-state index is -0.512. The number of nitrogens with two attached hydrogens (primary N) is 1. The fraction of sp³-hybridized carbons (Fsp3) is 0.462. The molecular weight excluding hydrogens is 216 g/mol. The van der Waals surface area contributed by atoms with E-state index >= 15 is 0 Å². The maximum atomic E-state index is 11.6. The van der Waals surface area contributed by atoms with Crippen LogP contribution in [0.4, 0.5) is 0 Å². The zero-order valence-electron chi connectivity index (χ0n) is 10.6. The summed E-state index contributed by atoms with van der Waals surface area (Å²) < 4.78 is 5.63. The predicted octanol–water partition coefficient (Wildman–Crippen LogP) is 1.15. The molecule has 3 N–H and O–H groups in total. The number of benzene rings is 1. The van der Waals surface area contributed by atoms with Crippen molar-refractivity contribution in [1.29, 1.82) is 0 Å². The molecule has 0 aliphatic rings. The maximum Gasteiger partial charge on any atom is 0.260 e. The second kappa shape index (κ2) is 6.25. The number of hydrogen-bond donors (Lipinski definition) is 2. The molecule has 0 fully saturated rings. The molecule has 4 heteroatoms. The minimum Gasteiger partial charge on any atom is -0.481 e. The summed E-state index contributed by atoms with van der Waals surface area (Å²) in [5.41, 5.74) is 7.45. The second-order valence-corrected chi connectivity index (χ2v) is 4.11. The van der Waals surface area contributed by atoms with Gasteiger partial charge in [0.05, 0.1) is 0 Å². The van der Waals surface area contributed by atoms with E-state index in [9.17, 15) is 4.79 Å². The van der Waals surface area contributed by atoms with Crippen LogP contribution in [0.5, 0.6) is 5.75 Å². The Balaban J connectivity index is 2.64. The third-order valence-electron chi connectivity index (χ3n) is 2.46. The molecule has 0 heterocycles. The van der Waals surface area contributed by atoms with Crippen LogP contribution >= 0.6 is 0 Å². The zero-order chi connectivity index (χ0) is 12.8. The average Bonchev–Trinajstić information content (AvgIpc) is 2.30. The third-order valence-corrected chi connectivity index (χ3v) is 2.46. The molecule has 1 rings (SSSR count). The molecule has 0 aromatic heterocycles. The van der Waals surface area contributed by atoms with Crippen molar-refractivity contribution in [3.63, 3.8) is 0 Å². The Morgan fingerprint density at radius 3 is 2.82 bits per heavy atom. The molecule has 0 spiro atoms. The summed E-state index contributed by atoms with van der Waals surface area (Å²) in [5.74, 6) is 0.608. The summed E-state index contributed by atoms with van der Waals surface area (Å²) in [4.78, 5) is 11.6. The fourth-order valence-electron chi connectivity index (χ4n) is 1.42. The first-order chi connectivity index (χ1) is 8.04. The molecule has 1 aromatic carbocycles. The van der Waals surface area contributed by atoms with Crippen LogP contribution in [-0.2, 0) is 4.79 Å². The van der Waals surface area contributed by atoms with Crippen molar-refractivity contribution in [1.82, 2.24) is 5.32 Å². The molecule has 1 atom stereocenters. The van der Waals surface area contributed by atoms with Crippen LogP contribution in [0, 0.1) is 13.8 Å². The number of nitrogens with one attached hydrogen (secondary N) is 1. The van der Waals surface area contributed by atoms with E-state index in [0.29, 0.717) is 13.1 Å². The van der Waals surface area contributed by atoms with Crippen molar-refractivity contribution in [3.05, 3.63) is 29.3 Å². The Bertz CT molecular complexity index is 391. The van der Waals surface area contributed by atoms with Crippen molar-refractivity contribution in [2.45, 2.75) is 26.9 Å². The van der Waals surface area contributed by atoms with Crippen LogP contribution in [0.3, 0.4) is 0 Å². The zero-order valence-corrected chi connectivity index (χ0v) is 10.6. The van der Waals surface area contributed by atoms with Crippen LogP contribution in [0.1, 0.15) is 18.1 Å². The van der Waals surface area contributed by atoms with E-state index in [-0.39, 0.29) is 5.91 Å². The SMILES string of the molecule is Cc1ccc(C)c(OC(C)C(=O)NCCN)c1. The minimum absolute atomic E-state index is 0.142. The van der Waals surface area contributed by atoms with Crippen LogP contribution < -0.4 is 15.8 Å². The number of carbonyl (C=O) groups excluding carboxylic acids is 1. The highest BCUT2D eigenvalue weighted by atomic mass is 16.5. The van der Waals surface area contributed by atoms with E-state index in [1.165, 1.54) is 0 Å². The summed E-state index contributed by atoms with van der Waals surface area (Å²) in [5, 5.41) is 2.70. The largest absolute Gasteiger partial charge is 0.481 e. The van der Waals surface area contributed by atoms with E-state index in [1.807, 2.05) is 32.0 Å². The van der Waals surface area contributed by atoms with Gasteiger partial charge in [-0.2, -0.15) is 0 Å². The van der Waals surface area contributed by atoms with Gasteiger partial charge in [0.1, 0.15) is 5.75 Å². The van der Waals surface area contributed by atoms with Crippen molar-refractivity contribution >= 4 is 5.91 Å². The van der Waals surface area contributed by atoms with Gasteiger partial charge in [0.15, 0.2) is 6.10 Å². The number of hydrogen-bond acceptors (Lipinski definition) is 3. The van der Waals surface area contributed by atoms with Gasteiger partial charge in [-0.1, -0.05) is 12.1 Å². The number of aryl methyl sites for hydroxylation is 2. The van der Waals surface area contributed by atoms with E-state index in [2.05, 4.69) is 5.32 Å². The van der Waals surface area contributed by atoms with Gasteiger partial charge in [-0.3, -0.25) is 4.79 Å². The van der Waals surface area contributed by atoms with Crippen molar-refractivity contribution < 1.29 is 9.53 Å². The molecule has 1 aromatic rings. The number of carbonyl (C=O) groups is 1. The normalized spacial score (nSPS) is 12.0. The average molecular weight is 236 g/mol. The lowest BCUT2D eigenvalue weighted by molar-refractivity contribution is -0.127. The van der Waals surface area contributed by atoms with Crippen LogP contribution in [0.2, 0.25) is 0 Å². The van der Waals surface area contributed by atoms with Gasteiger partial charge >= 0.3 is 0 Å². The fourth-order valence-corrected chi connectivity index (χ4v) is 1.42. The molecule has 17 heavy (non-hydrogen) atoms. The topological polar surface area (TPSA) is 64.3 Å². The van der Waals surface area contributed by atoms with E-state index in [0.717, 1.165) is 16.9 Å². The van der Waals surface area contributed by atoms with Crippen LogP contribution in [0.15, 0.2) is 18.2 Å².